The number of nitriles is 1. The minimum absolute atomic E-state index is 0.603. The van der Waals surface area contributed by atoms with Crippen LogP contribution in [0.1, 0.15) is 5.56 Å². The molecule has 0 fully saturated rings. The molecular weight excluding hydrogens is 176 g/mol. The number of nitrogens with zero attached hydrogens (tertiary/aromatic N) is 4. The first kappa shape index (κ1) is 8.45. The molecule has 0 N–H and O–H groups in total. The molecular formula is C10H8N4. The van der Waals surface area contributed by atoms with E-state index in [-0.39, 0.29) is 0 Å². The lowest BCUT2D eigenvalue weighted by Gasteiger charge is -1.96. The van der Waals surface area contributed by atoms with Crippen LogP contribution in [0.4, 0.5) is 0 Å². The van der Waals surface area contributed by atoms with E-state index < -0.39 is 0 Å². The Morgan fingerprint density at radius 1 is 1.57 bits per heavy atom. The topological polar surface area (TPSA) is 54.5 Å². The molecule has 0 atom stereocenters. The van der Waals surface area contributed by atoms with Gasteiger partial charge in [-0.3, -0.25) is 0 Å². The third-order valence-electron chi connectivity index (χ3n) is 1.95. The number of hydrogen-bond acceptors (Lipinski definition) is 3. The Kier molecular flexibility index (Phi) is 1.99. The molecule has 0 aliphatic heterocycles. The van der Waals surface area contributed by atoms with Gasteiger partial charge in [-0.25, -0.2) is 4.68 Å². The van der Waals surface area contributed by atoms with E-state index in [2.05, 4.69) is 23.0 Å². The number of fused-ring (bicyclic) bond motifs is 1. The molecule has 0 spiro atoms. The van der Waals surface area contributed by atoms with E-state index in [9.17, 15) is 0 Å². The van der Waals surface area contributed by atoms with Crippen LogP contribution in [0, 0.1) is 11.3 Å². The molecule has 2 rings (SSSR count). The second-order valence-corrected chi connectivity index (χ2v) is 2.88. The monoisotopic (exact) mass is 184 g/mol. The maximum atomic E-state index is 8.74. The van der Waals surface area contributed by atoms with Gasteiger partial charge in [0.15, 0.2) is 0 Å². The summed E-state index contributed by atoms with van der Waals surface area (Å²) in [5.41, 5.74) is 2.28. The Balaban J connectivity index is 2.64. The first-order valence-electron chi connectivity index (χ1n) is 4.19. The van der Waals surface area contributed by atoms with Crippen molar-refractivity contribution in [2.75, 3.05) is 0 Å². The lowest BCUT2D eigenvalue weighted by molar-refractivity contribution is 0.683. The minimum atomic E-state index is 0.603. The zero-order chi connectivity index (χ0) is 9.97. The van der Waals surface area contributed by atoms with Crippen molar-refractivity contribution in [1.29, 1.82) is 5.26 Å². The zero-order valence-electron chi connectivity index (χ0n) is 7.51. The van der Waals surface area contributed by atoms with Crippen LogP contribution in [0.25, 0.3) is 11.0 Å². The quantitative estimate of drug-likeness (QED) is 0.664. The highest BCUT2D eigenvalue weighted by molar-refractivity contribution is 5.75. The third-order valence-corrected chi connectivity index (χ3v) is 1.95. The minimum Gasteiger partial charge on any atom is -0.241 e. The van der Waals surface area contributed by atoms with Crippen molar-refractivity contribution in [3.63, 3.8) is 0 Å². The van der Waals surface area contributed by atoms with Gasteiger partial charge in [0, 0.05) is 0 Å². The van der Waals surface area contributed by atoms with Crippen molar-refractivity contribution in [2.45, 2.75) is 6.54 Å². The van der Waals surface area contributed by atoms with Gasteiger partial charge in [-0.05, 0) is 18.2 Å². The van der Waals surface area contributed by atoms with E-state index >= 15 is 0 Å². The summed E-state index contributed by atoms with van der Waals surface area (Å²) in [7, 11) is 0. The highest BCUT2D eigenvalue weighted by atomic mass is 15.4. The van der Waals surface area contributed by atoms with Crippen LogP contribution in [0.2, 0.25) is 0 Å². The van der Waals surface area contributed by atoms with E-state index in [1.54, 1.807) is 29.0 Å². The van der Waals surface area contributed by atoms with Crippen molar-refractivity contribution in [3.05, 3.63) is 36.4 Å². The fraction of sp³-hybridized carbons (Fsp3) is 0.100. The number of allylic oxidation sites excluding steroid dienone is 1. The highest BCUT2D eigenvalue weighted by Crippen LogP contribution is 2.12. The lowest BCUT2D eigenvalue weighted by Crippen LogP contribution is -1.96. The Morgan fingerprint density at radius 3 is 3.14 bits per heavy atom. The zero-order valence-corrected chi connectivity index (χ0v) is 7.51. The average molecular weight is 184 g/mol. The summed E-state index contributed by atoms with van der Waals surface area (Å²) in [5, 5.41) is 16.7. The van der Waals surface area contributed by atoms with Crippen LogP contribution in [-0.4, -0.2) is 15.0 Å². The molecule has 0 saturated carbocycles. The van der Waals surface area contributed by atoms with Gasteiger partial charge in [0.2, 0.25) is 0 Å². The predicted octanol–water partition coefficient (Wildman–Crippen LogP) is 1.49. The number of aromatic nitrogens is 3. The fourth-order valence-electron chi connectivity index (χ4n) is 1.29. The molecule has 0 aliphatic carbocycles. The summed E-state index contributed by atoms with van der Waals surface area (Å²) in [6, 6.07) is 7.38. The van der Waals surface area contributed by atoms with Crippen LogP contribution >= 0.6 is 0 Å². The summed E-state index contributed by atoms with van der Waals surface area (Å²) < 4.78 is 1.71. The number of hydrogen-bond donors (Lipinski definition) is 0. The molecule has 4 heteroatoms. The highest BCUT2D eigenvalue weighted by Gasteiger charge is 2.03. The van der Waals surface area contributed by atoms with Gasteiger partial charge >= 0.3 is 0 Å². The molecule has 0 unspecified atom stereocenters. The number of rotatable bonds is 2. The maximum absolute atomic E-state index is 8.74. The number of benzene rings is 1. The summed E-state index contributed by atoms with van der Waals surface area (Å²) in [6.07, 6.45) is 1.74. The summed E-state index contributed by atoms with van der Waals surface area (Å²) in [4.78, 5) is 0. The van der Waals surface area contributed by atoms with Crippen molar-refractivity contribution < 1.29 is 0 Å². The van der Waals surface area contributed by atoms with Gasteiger partial charge in [-0.2, -0.15) is 5.26 Å². The van der Waals surface area contributed by atoms with Crippen molar-refractivity contribution in [1.82, 2.24) is 15.0 Å². The van der Waals surface area contributed by atoms with E-state index in [1.807, 2.05) is 0 Å². The van der Waals surface area contributed by atoms with Gasteiger partial charge in [-0.1, -0.05) is 11.3 Å². The second kappa shape index (κ2) is 3.30. The normalized spacial score (nSPS) is 9.93. The smallest absolute Gasteiger partial charge is 0.113 e. The summed E-state index contributed by atoms with van der Waals surface area (Å²) in [5.74, 6) is 0. The molecule has 0 radical (unpaired) electrons. The molecule has 0 bridgehead atoms. The molecule has 1 heterocycles. The maximum Gasteiger partial charge on any atom is 0.113 e. The molecule has 68 valence electrons. The third kappa shape index (κ3) is 1.25. The van der Waals surface area contributed by atoms with E-state index in [4.69, 9.17) is 5.26 Å². The van der Waals surface area contributed by atoms with E-state index in [0.717, 1.165) is 11.0 Å². The van der Waals surface area contributed by atoms with Gasteiger partial charge in [0.05, 0.1) is 23.7 Å². The van der Waals surface area contributed by atoms with Crippen molar-refractivity contribution in [2.24, 2.45) is 0 Å². The summed E-state index contributed by atoms with van der Waals surface area (Å²) in [6.45, 7) is 4.23. The van der Waals surface area contributed by atoms with Gasteiger partial charge < -0.3 is 0 Å². The van der Waals surface area contributed by atoms with E-state index in [0.29, 0.717) is 12.1 Å². The van der Waals surface area contributed by atoms with Crippen molar-refractivity contribution >= 4 is 11.0 Å². The molecule has 1 aromatic heterocycles. The SMILES string of the molecule is C=CCn1nnc2ccc(C#N)cc21. The Hall–Kier alpha value is -2.15. The molecule has 0 saturated heterocycles. The van der Waals surface area contributed by atoms with Gasteiger partial charge in [0.1, 0.15) is 5.52 Å². The lowest BCUT2D eigenvalue weighted by atomic mass is 10.2. The standard InChI is InChI=1S/C10H8N4/c1-2-5-14-10-6-8(7-11)3-4-9(10)12-13-14/h2-4,6H,1,5H2. The summed E-state index contributed by atoms with van der Waals surface area (Å²) >= 11 is 0. The molecule has 0 aliphatic rings. The predicted molar refractivity (Wildman–Crippen MR) is 52.4 cm³/mol. The van der Waals surface area contributed by atoms with Crippen LogP contribution < -0.4 is 0 Å². The van der Waals surface area contributed by atoms with Gasteiger partial charge in [-0.15, -0.1) is 11.7 Å². The van der Waals surface area contributed by atoms with E-state index in [1.165, 1.54) is 0 Å². The van der Waals surface area contributed by atoms with Crippen LogP contribution in [0.15, 0.2) is 30.9 Å². The van der Waals surface area contributed by atoms with Crippen LogP contribution in [-0.2, 0) is 6.54 Å². The average Bonchev–Trinajstić information content (AvgIpc) is 2.61. The Labute approximate surface area is 81.1 Å². The first-order valence-corrected chi connectivity index (χ1v) is 4.19. The van der Waals surface area contributed by atoms with Gasteiger partial charge in [0.25, 0.3) is 0 Å². The molecule has 0 amide bonds. The molecule has 2 aromatic rings. The molecule has 1 aromatic carbocycles. The molecule has 14 heavy (non-hydrogen) atoms. The Morgan fingerprint density at radius 2 is 2.43 bits per heavy atom. The van der Waals surface area contributed by atoms with Crippen LogP contribution in [0.3, 0.4) is 0 Å². The van der Waals surface area contributed by atoms with Crippen LogP contribution in [0.5, 0.6) is 0 Å². The van der Waals surface area contributed by atoms with Crippen molar-refractivity contribution in [3.8, 4) is 6.07 Å². The first-order chi connectivity index (χ1) is 6.85. The largest absolute Gasteiger partial charge is 0.241 e. The molecule has 4 nitrogen and oxygen atoms in total. The fourth-order valence-corrected chi connectivity index (χ4v) is 1.29. The second-order valence-electron chi connectivity index (χ2n) is 2.88. The Bertz CT molecular complexity index is 518.